The molecular weight excluding hydrogens is 254 g/mol. The summed E-state index contributed by atoms with van der Waals surface area (Å²) < 4.78 is 0. The van der Waals surface area contributed by atoms with E-state index in [2.05, 4.69) is 0 Å². The zero-order valence-corrected chi connectivity index (χ0v) is 10.5. The molecule has 94 valence electrons. The van der Waals surface area contributed by atoms with Crippen molar-refractivity contribution in [3.8, 4) is 0 Å². The summed E-state index contributed by atoms with van der Waals surface area (Å²) >= 11 is 1.24. The van der Waals surface area contributed by atoms with Crippen LogP contribution in [0.1, 0.15) is 15.9 Å². The Morgan fingerprint density at radius 3 is 2.44 bits per heavy atom. The summed E-state index contributed by atoms with van der Waals surface area (Å²) in [7, 11) is 0. The molecule has 0 saturated carbocycles. The van der Waals surface area contributed by atoms with Crippen molar-refractivity contribution in [2.45, 2.75) is 6.92 Å². The first-order chi connectivity index (χ1) is 8.52. The topological polar surface area (TPSA) is 74.7 Å². The average Bonchev–Trinajstić information content (AvgIpc) is 2.28. The van der Waals surface area contributed by atoms with Crippen LogP contribution in [0.3, 0.4) is 0 Å². The number of carbonyl (C=O) groups is 3. The maximum atomic E-state index is 11.8. The van der Waals surface area contributed by atoms with E-state index in [0.29, 0.717) is 5.56 Å². The number of anilines is 1. The third kappa shape index (κ3) is 2.11. The largest absolute Gasteiger partial charge is 0.478 e. The molecule has 0 unspecified atom stereocenters. The number of carboxylic acids is 1. The lowest BCUT2D eigenvalue weighted by molar-refractivity contribution is -0.124. The maximum absolute atomic E-state index is 11.8. The fraction of sp³-hybridized carbons (Fsp3) is 0.250. The molecule has 0 aliphatic carbocycles. The molecule has 0 atom stereocenters. The lowest BCUT2D eigenvalue weighted by Gasteiger charge is -2.26. The van der Waals surface area contributed by atoms with Crippen LogP contribution in [0.2, 0.25) is 0 Å². The maximum Gasteiger partial charge on any atom is 0.338 e. The van der Waals surface area contributed by atoms with E-state index in [9.17, 15) is 19.5 Å². The standard InChI is InChI=1S/C12H11NO4S/c1-7-3-2-4-8(11(7)12(16)17)13-9(14)5-18-6-10(13)15/h2-4H,5-6H2,1H3,(H,16,17). The molecular formula is C12H11NO4S. The number of hydrogen-bond donors (Lipinski definition) is 1. The number of aromatic carboxylic acids is 1. The van der Waals surface area contributed by atoms with E-state index in [4.69, 9.17) is 0 Å². The van der Waals surface area contributed by atoms with Crippen LogP contribution in [0.15, 0.2) is 18.2 Å². The van der Waals surface area contributed by atoms with E-state index in [1.807, 2.05) is 0 Å². The normalized spacial score (nSPS) is 15.9. The van der Waals surface area contributed by atoms with Gasteiger partial charge in [0.2, 0.25) is 11.8 Å². The van der Waals surface area contributed by atoms with Gasteiger partial charge >= 0.3 is 5.97 Å². The lowest BCUT2D eigenvalue weighted by Crippen LogP contribution is -2.44. The van der Waals surface area contributed by atoms with Crippen molar-refractivity contribution in [2.24, 2.45) is 0 Å². The number of nitrogens with zero attached hydrogens (tertiary/aromatic N) is 1. The Hall–Kier alpha value is -1.82. The third-order valence-electron chi connectivity index (χ3n) is 2.66. The first-order valence-corrected chi connectivity index (χ1v) is 6.44. The summed E-state index contributed by atoms with van der Waals surface area (Å²) in [6, 6.07) is 4.77. The molecule has 6 heteroatoms. The Labute approximate surface area is 108 Å². The first-order valence-electron chi connectivity index (χ1n) is 5.29. The molecule has 0 spiro atoms. The highest BCUT2D eigenvalue weighted by atomic mass is 32.2. The van der Waals surface area contributed by atoms with Crippen molar-refractivity contribution < 1.29 is 19.5 Å². The molecule has 1 aromatic rings. The van der Waals surface area contributed by atoms with Crippen LogP contribution in [-0.4, -0.2) is 34.4 Å². The Morgan fingerprint density at radius 2 is 1.89 bits per heavy atom. The monoisotopic (exact) mass is 265 g/mol. The zero-order chi connectivity index (χ0) is 13.3. The molecule has 2 amide bonds. The van der Waals surface area contributed by atoms with Gasteiger partial charge in [-0.3, -0.25) is 9.59 Å². The summed E-state index contributed by atoms with van der Waals surface area (Å²) in [4.78, 5) is 35.8. The van der Waals surface area contributed by atoms with Crippen LogP contribution in [0.25, 0.3) is 0 Å². The van der Waals surface area contributed by atoms with Crippen molar-refractivity contribution in [2.75, 3.05) is 16.4 Å². The van der Waals surface area contributed by atoms with Gasteiger partial charge in [0.15, 0.2) is 0 Å². The second-order valence-electron chi connectivity index (χ2n) is 3.89. The molecule has 1 aliphatic rings. The van der Waals surface area contributed by atoms with E-state index in [1.165, 1.54) is 17.8 Å². The molecule has 1 aliphatic heterocycles. The van der Waals surface area contributed by atoms with Gasteiger partial charge in [0.05, 0.1) is 22.8 Å². The molecule has 18 heavy (non-hydrogen) atoms. The van der Waals surface area contributed by atoms with Crippen molar-refractivity contribution in [1.82, 2.24) is 0 Å². The fourth-order valence-electron chi connectivity index (χ4n) is 1.88. The highest BCUT2D eigenvalue weighted by Crippen LogP contribution is 2.27. The van der Waals surface area contributed by atoms with Gasteiger partial charge in [-0.25, -0.2) is 9.69 Å². The van der Waals surface area contributed by atoms with Crippen LogP contribution in [0.4, 0.5) is 5.69 Å². The van der Waals surface area contributed by atoms with E-state index in [1.54, 1.807) is 19.1 Å². The van der Waals surface area contributed by atoms with Gasteiger partial charge in [0.1, 0.15) is 0 Å². The Kier molecular flexibility index (Phi) is 3.38. The molecule has 0 aromatic heterocycles. The molecule has 1 aromatic carbocycles. The number of aryl methyl sites for hydroxylation is 1. The predicted molar refractivity (Wildman–Crippen MR) is 68.0 cm³/mol. The van der Waals surface area contributed by atoms with Crippen LogP contribution in [0, 0.1) is 6.92 Å². The summed E-state index contributed by atoms with van der Waals surface area (Å²) in [5.74, 6) is -1.49. The minimum atomic E-state index is -1.14. The van der Waals surface area contributed by atoms with Crippen molar-refractivity contribution in [3.05, 3.63) is 29.3 Å². The Balaban J connectivity index is 2.56. The number of amides is 2. The number of carbonyl (C=O) groups excluding carboxylic acids is 2. The van der Waals surface area contributed by atoms with Gasteiger partial charge in [-0.2, -0.15) is 0 Å². The Morgan fingerprint density at radius 1 is 1.28 bits per heavy atom. The summed E-state index contributed by atoms with van der Waals surface area (Å²) in [5, 5.41) is 9.20. The van der Waals surface area contributed by atoms with E-state index >= 15 is 0 Å². The summed E-state index contributed by atoms with van der Waals surface area (Å²) in [6.45, 7) is 1.64. The third-order valence-corrected chi connectivity index (χ3v) is 3.56. The minimum Gasteiger partial charge on any atom is -0.478 e. The van der Waals surface area contributed by atoms with Gasteiger partial charge in [-0.1, -0.05) is 12.1 Å². The first kappa shape index (κ1) is 12.6. The second kappa shape index (κ2) is 4.81. The highest BCUT2D eigenvalue weighted by molar-refractivity contribution is 8.00. The summed E-state index contributed by atoms with van der Waals surface area (Å²) in [5.41, 5.74) is 0.697. The molecule has 1 N–H and O–H groups in total. The minimum absolute atomic E-state index is 0.00565. The summed E-state index contributed by atoms with van der Waals surface area (Å²) in [6.07, 6.45) is 0. The zero-order valence-electron chi connectivity index (χ0n) is 9.67. The van der Waals surface area contributed by atoms with Gasteiger partial charge in [-0.05, 0) is 18.6 Å². The van der Waals surface area contributed by atoms with Gasteiger partial charge in [0, 0.05) is 0 Å². The van der Waals surface area contributed by atoms with Crippen LogP contribution >= 0.6 is 11.8 Å². The molecule has 0 radical (unpaired) electrons. The van der Waals surface area contributed by atoms with E-state index < -0.39 is 5.97 Å². The molecule has 1 saturated heterocycles. The van der Waals surface area contributed by atoms with Crippen LogP contribution in [-0.2, 0) is 9.59 Å². The quantitative estimate of drug-likeness (QED) is 0.816. The van der Waals surface area contributed by atoms with Crippen molar-refractivity contribution in [3.63, 3.8) is 0 Å². The highest BCUT2D eigenvalue weighted by Gasteiger charge is 2.31. The van der Waals surface area contributed by atoms with Gasteiger partial charge in [-0.15, -0.1) is 11.8 Å². The smallest absolute Gasteiger partial charge is 0.338 e. The van der Waals surface area contributed by atoms with Gasteiger partial charge < -0.3 is 5.11 Å². The van der Waals surface area contributed by atoms with Gasteiger partial charge in [0.25, 0.3) is 0 Å². The number of thioether (sulfide) groups is 1. The molecule has 2 rings (SSSR count). The van der Waals surface area contributed by atoms with Crippen molar-refractivity contribution >= 4 is 35.2 Å². The second-order valence-corrected chi connectivity index (χ2v) is 4.88. The molecule has 5 nitrogen and oxygen atoms in total. The number of hydrogen-bond acceptors (Lipinski definition) is 4. The van der Waals surface area contributed by atoms with Crippen LogP contribution < -0.4 is 4.90 Å². The number of imide groups is 1. The number of rotatable bonds is 2. The van der Waals surface area contributed by atoms with E-state index in [0.717, 1.165) is 4.90 Å². The molecule has 1 heterocycles. The SMILES string of the molecule is Cc1cccc(N2C(=O)CSCC2=O)c1C(=O)O. The Bertz CT molecular complexity index is 525. The average molecular weight is 265 g/mol. The molecule has 1 fully saturated rings. The van der Waals surface area contributed by atoms with Crippen molar-refractivity contribution in [1.29, 1.82) is 0 Å². The fourth-order valence-corrected chi connectivity index (χ4v) is 2.59. The lowest BCUT2D eigenvalue weighted by atomic mass is 10.1. The predicted octanol–water partition coefficient (Wildman–Crippen LogP) is 1.30. The van der Waals surface area contributed by atoms with Crippen LogP contribution in [0.5, 0.6) is 0 Å². The molecule has 0 bridgehead atoms. The number of carboxylic acid groups (broad SMARTS) is 1. The number of benzene rings is 1. The van der Waals surface area contributed by atoms with E-state index in [-0.39, 0.29) is 34.6 Å².